The summed E-state index contributed by atoms with van der Waals surface area (Å²) in [5.74, 6) is 1.17. The molecule has 2 aromatic heterocycles. The summed E-state index contributed by atoms with van der Waals surface area (Å²) in [4.78, 5) is 16.7. The maximum absolute atomic E-state index is 11.7. The third kappa shape index (κ3) is 10.0. The van der Waals surface area contributed by atoms with Gasteiger partial charge in [-0.05, 0) is 61.1 Å². The number of thiophene rings is 1. The minimum Gasteiger partial charge on any atom is -0.512 e. The Morgan fingerprint density at radius 1 is 0.792 bits per heavy atom. The van der Waals surface area contributed by atoms with Crippen LogP contribution >= 0.6 is 11.3 Å². The predicted octanol–water partition coefficient (Wildman–Crippen LogP) is 12.8. The molecule has 281 valence electrons. The molecule has 0 aliphatic carbocycles. The molecular weight excluding hydrogens is 863 g/mol. The van der Waals surface area contributed by atoms with E-state index in [4.69, 9.17) is 4.98 Å². The molecule has 0 saturated heterocycles. The van der Waals surface area contributed by atoms with Crippen molar-refractivity contribution in [1.82, 2.24) is 4.98 Å². The van der Waals surface area contributed by atoms with Gasteiger partial charge in [0.05, 0.1) is 13.8 Å². The van der Waals surface area contributed by atoms with Crippen LogP contribution in [0.5, 0.6) is 0 Å². The van der Waals surface area contributed by atoms with Crippen molar-refractivity contribution in [3.8, 4) is 11.3 Å². The van der Waals surface area contributed by atoms with Gasteiger partial charge in [-0.2, -0.15) is 0 Å². The average Bonchev–Trinajstić information content (AvgIpc) is 3.53. The summed E-state index contributed by atoms with van der Waals surface area (Å²) in [5, 5.41) is 16.4. The van der Waals surface area contributed by atoms with Gasteiger partial charge in [0.2, 0.25) is 0 Å². The predicted molar refractivity (Wildman–Crippen MR) is 229 cm³/mol. The summed E-state index contributed by atoms with van der Waals surface area (Å²) in [7, 11) is -1.70. The minimum absolute atomic E-state index is 0. The van der Waals surface area contributed by atoms with Crippen LogP contribution in [0.4, 0.5) is 0 Å². The van der Waals surface area contributed by atoms with Gasteiger partial charge in [0, 0.05) is 64.7 Å². The zero-order valence-electron chi connectivity index (χ0n) is 32.8. The third-order valence-electron chi connectivity index (χ3n) is 10.5. The summed E-state index contributed by atoms with van der Waals surface area (Å²) in [6, 6.07) is 36.0. The zero-order valence-corrected chi connectivity index (χ0v) is 37.0. The van der Waals surface area contributed by atoms with Gasteiger partial charge in [-0.25, -0.2) is 0 Å². The fourth-order valence-electron chi connectivity index (χ4n) is 7.40. The molecule has 0 aliphatic rings. The molecule has 0 spiro atoms. The van der Waals surface area contributed by atoms with Crippen molar-refractivity contribution in [1.29, 1.82) is 0 Å². The topological polar surface area (TPSA) is 50.2 Å². The number of allylic oxidation sites excluding steroid dienone is 2. The Hall–Kier alpha value is -3.41. The molecule has 6 heteroatoms. The molecule has 53 heavy (non-hydrogen) atoms. The van der Waals surface area contributed by atoms with Crippen molar-refractivity contribution in [2.24, 2.45) is 17.8 Å². The number of carbonyl (C=O) groups is 1. The Morgan fingerprint density at radius 3 is 2.08 bits per heavy atom. The van der Waals surface area contributed by atoms with E-state index in [1.807, 2.05) is 45.2 Å². The second-order valence-corrected chi connectivity index (χ2v) is 20.9. The van der Waals surface area contributed by atoms with Crippen LogP contribution in [0.15, 0.2) is 103 Å². The first-order valence-electron chi connectivity index (χ1n) is 19.2. The Balaban J connectivity index is 0.000000335. The van der Waals surface area contributed by atoms with Crippen LogP contribution < -0.4 is 5.19 Å². The summed E-state index contributed by atoms with van der Waals surface area (Å²) >= 11 is 1.90. The molecule has 4 aromatic carbocycles. The molecule has 6 rings (SSSR count). The van der Waals surface area contributed by atoms with E-state index >= 15 is 0 Å². The molecule has 6 aromatic rings. The zero-order chi connectivity index (χ0) is 37.4. The number of rotatable bonds is 13. The van der Waals surface area contributed by atoms with E-state index < -0.39 is 8.07 Å². The quantitative estimate of drug-likeness (QED) is 0.0543. The van der Waals surface area contributed by atoms with E-state index in [0.29, 0.717) is 5.92 Å². The summed E-state index contributed by atoms with van der Waals surface area (Å²) in [6.45, 7) is 17.6. The van der Waals surface area contributed by atoms with Gasteiger partial charge in [0.1, 0.15) is 0 Å². The van der Waals surface area contributed by atoms with Gasteiger partial charge in [-0.15, -0.1) is 40.5 Å². The molecule has 1 N–H and O–H groups in total. The molecule has 0 saturated carbocycles. The Labute approximate surface area is 336 Å². The first-order chi connectivity index (χ1) is 25.0. The van der Waals surface area contributed by atoms with Crippen molar-refractivity contribution in [3.63, 3.8) is 0 Å². The minimum atomic E-state index is -1.70. The number of carbonyl (C=O) groups excluding carboxylic acids is 1. The van der Waals surface area contributed by atoms with Crippen molar-refractivity contribution in [2.75, 3.05) is 0 Å². The number of hydrogen-bond donors (Lipinski definition) is 1. The fraction of sp³-hybridized carbons (Fsp3) is 0.362. The molecule has 0 unspecified atom stereocenters. The van der Waals surface area contributed by atoms with Crippen LogP contribution in [0, 0.1) is 23.8 Å². The van der Waals surface area contributed by atoms with Gasteiger partial charge in [-0.3, -0.25) is 9.78 Å². The standard InChI is InChI=1S/C34H32NSSi.C13H24O2.Ir/c1-23(2)19-25-12-10-16-30-31-17-18-35-32(34(31)36-33(25)30)26-20-24-11-8-9-15-29(24)27(21-26)22-37(3,4)28-13-6-5-7-14-28;1-5-10(6-2)12(14)9-13(15)11(7-3)8-4;/h5-18,21,23H,19,22H2,1-4H3;9-11,14H,5-8H2,1-4H3;/q-1;;/b;12-9-;. The first-order valence-corrected chi connectivity index (χ1v) is 23.3. The molecule has 0 amide bonds. The Bertz CT molecular complexity index is 2150. The van der Waals surface area contributed by atoms with Crippen LogP contribution in [-0.2, 0) is 37.4 Å². The number of pyridine rings is 1. The molecule has 0 bridgehead atoms. The number of aromatic nitrogens is 1. The van der Waals surface area contributed by atoms with Gasteiger partial charge in [0.15, 0.2) is 5.78 Å². The second-order valence-electron chi connectivity index (χ2n) is 15.2. The SMILES string of the molecule is CC(C)Cc1cccc2c1sc1c(-c3[c-]c4ccccc4c(C[Si](C)(C)c4ccccc4)c3)nccc12.CCC(CC)C(=O)/C=C(\O)C(CC)CC.[Ir]. The van der Waals surface area contributed by atoms with Crippen LogP contribution in [0.25, 0.3) is 42.2 Å². The normalized spacial score (nSPS) is 12.1. The maximum atomic E-state index is 11.7. The molecule has 1 radical (unpaired) electrons. The molecule has 3 nitrogen and oxygen atoms in total. The van der Waals surface area contributed by atoms with Crippen LogP contribution in [-0.4, -0.2) is 23.9 Å². The fourth-order valence-corrected chi connectivity index (χ4v) is 11.3. The van der Waals surface area contributed by atoms with Crippen molar-refractivity contribution in [2.45, 2.75) is 92.8 Å². The Kier molecular flexibility index (Phi) is 15.4. The van der Waals surface area contributed by atoms with E-state index in [-0.39, 0.29) is 43.5 Å². The number of ketones is 1. The smallest absolute Gasteiger partial charge is 0.162 e. The Morgan fingerprint density at radius 2 is 1.42 bits per heavy atom. The van der Waals surface area contributed by atoms with Gasteiger partial charge in [-0.1, -0.05) is 138 Å². The first kappa shape index (κ1) is 42.3. The third-order valence-corrected chi connectivity index (χ3v) is 15.0. The monoisotopic (exact) mass is 919 g/mol. The number of fused-ring (bicyclic) bond motifs is 4. The molecule has 0 aliphatic heterocycles. The van der Waals surface area contributed by atoms with Gasteiger partial charge >= 0.3 is 0 Å². The van der Waals surface area contributed by atoms with Crippen molar-refractivity contribution in [3.05, 3.63) is 120 Å². The second kappa shape index (κ2) is 19.3. The summed E-state index contributed by atoms with van der Waals surface area (Å²) in [6.07, 6.45) is 7.98. The molecule has 2 heterocycles. The largest absolute Gasteiger partial charge is 0.512 e. The van der Waals surface area contributed by atoms with Gasteiger partial charge in [0.25, 0.3) is 0 Å². The maximum Gasteiger partial charge on any atom is 0.162 e. The number of nitrogens with zero attached hydrogens (tertiary/aromatic N) is 1. The van der Waals surface area contributed by atoms with E-state index in [9.17, 15) is 9.90 Å². The van der Waals surface area contributed by atoms with E-state index in [0.717, 1.165) is 49.4 Å². The summed E-state index contributed by atoms with van der Waals surface area (Å²) < 4.78 is 2.67. The van der Waals surface area contributed by atoms with Crippen LogP contribution in [0.1, 0.15) is 78.4 Å². The number of aliphatic hydroxyl groups excluding tert-OH is 1. The number of aliphatic hydroxyl groups is 1. The molecule has 0 fully saturated rings. The van der Waals surface area contributed by atoms with E-state index in [1.54, 1.807) is 0 Å². The van der Waals surface area contributed by atoms with Crippen LogP contribution in [0.2, 0.25) is 13.1 Å². The molecule has 0 atom stereocenters. The molecular formula is C47H56IrNO2SSi-. The van der Waals surface area contributed by atoms with E-state index in [2.05, 4.69) is 118 Å². The summed E-state index contributed by atoms with van der Waals surface area (Å²) in [5.41, 5.74) is 5.01. The van der Waals surface area contributed by atoms with Crippen molar-refractivity contribution >= 4 is 61.3 Å². The average molecular weight is 919 g/mol. The van der Waals surface area contributed by atoms with Gasteiger partial charge < -0.3 is 5.11 Å². The van der Waals surface area contributed by atoms with E-state index in [1.165, 1.54) is 53.3 Å². The number of hydrogen-bond acceptors (Lipinski definition) is 4. The van der Waals surface area contributed by atoms with Crippen molar-refractivity contribution < 1.29 is 30.0 Å². The van der Waals surface area contributed by atoms with Crippen LogP contribution in [0.3, 0.4) is 0 Å². The number of benzene rings is 4.